The molecule has 32 heavy (non-hydrogen) atoms. The molecular formula is C24H28N4O4. The molecule has 1 aliphatic heterocycles. The van der Waals surface area contributed by atoms with Gasteiger partial charge in [0.1, 0.15) is 23.1 Å². The first-order valence-electron chi connectivity index (χ1n) is 11.0. The Bertz CT molecular complexity index is 1160. The summed E-state index contributed by atoms with van der Waals surface area (Å²) >= 11 is 0. The first-order valence-corrected chi connectivity index (χ1v) is 11.0. The van der Waals surface area contributed by atoms with E-state index >= 15 is 0 Å². The molecule has 0 aliphatic carbocycles. The molecule has 0 aromatic carbocycles. The molecule has 4 heterocycles. The molecule has 8 nitrogen and oxygen atoms in total. The third kappa shape index (κ3) is 3.71. The minimum atomic E-state index is -0.782. The topological polar surface area (TPSA) is 91.3 Å². The lowest BCUT2D eigenvalue weighted by Crippen LogP contribution is -2.33. The van der Waals surface area contributed by atoms with Crippen LogP contribution in [0.2, 0.25) is 0 Å². The lowest BCUT2D eigenvalue weighted by Gasteiger charge is -2.25. The van der Waals surface area contributed by atoms with Crippen molar-refractivity contribution in [1.82, 2.24) is 19.2 Å². The molecule has 1 N–H and O–H groups in total. The summed E-state index contributed by atoms with van der Waals surface area (Å²) in [5, 5.41) is 11.3. The summed E-state index contributed by atoms with van der Waals surface area (Å²) in [6.07, 6.45) is 3.98. The summed E-state index contributed by atoms with van der Waals surface area (Å²) in [4.78, 5) is 34.4. The fourth-order valence-electron chi connectivity index (χ4n) is 4.38. The van der Waals surface area contributed by atoms with E-state index in [4.69, 9.17) is 4.42 Å². The van der Waals surface area contributed by atoms with Crippen LogP contribution in [0.4, 0.5) is 0 Å². The Morgan fingerprint density at radius 1 is 1.19 bits per heavy atom. The Hall–Kier alpha value is -3.39. The van der Waals surface area contributed by atoms with Crippen LogP contribution in [-0.4, -0.2) is 62.2 Å². The smallest absolute Gasteiger partial charge is 0.295 e. The molecule has 1 atom stereocenters. The molecule has 0 radical (unpaired) electrons. The minimum absolute atomic E-state index is 0.0292. The summed E-state index contributed by atoms with van der Waals surface area (Å²) in [6, 6.07) is 8.15. The Kier molecular flexibility index (Phi) is 6.14. The number of rotatable bonds is 8. The van der Waals surface area contributed by atoms with Gasteiger partial charge in [0.15, 0.2) is 5.76 Å². The van der Waals surface area contributed by atoms with Crippen molar-refractivity contribution in [3.05, 3.63) is 65.5 Å². The fourth-order valence-corrected chi connectivity index (χ4v) is 4.38. The number of hydrogen-bond acceptors (Lipinski definition) is 6. The van der Waals surface area contributed by atoms with Gasteiger partial charge in [0.25, 0.3) is 11.7 Å². The number of pyridine rings is 1. The SMILES string of the molecule is CCN(CC)CCCN1C(=O)C(=O)/C(=C(/O)c2c(C)nc3ccccn23)[C@@H]1c1ccco1. The third-order valence-corrected chi connectivity index (χ3v) is 6.05. The maximum absolute atomic E-state index is 13.1. The van der Waals surface area contributed by atoms with E-state index in [1.165, 1.54) is 11.2 Å². The van der Waals surface area contributed by atoms with Crippen molar-refractivity contribution in [1.29, 1.82) is 0 Å². The standard InChI is InChI=1S/C24H28N4O4/c1-4-26(5-2)12-9-14-28-21(17-10-8-15-32-17)19(23(30)24(28)31)22(29)20-16(3)25-18-11-6-7-13-27(18)20/h6-8,10-11,13,15,21,29H,4-5,9,12,14H2,1-3H3/b22-19+/t21-/m0/s1. The van der Waals surface area contributed by atoms with Gasteiger partial charge in [-0.05, 0) is 57.2 Å². The van der Waals surface area contributed by atoms with Gasteiger partial charge >= 0.3 is 0 Å². The molecule has 1 fully saturated rings. The number of aliphatic hydroxyl groups is 1. The van der Waals surface area contributed by atoms with Crippen LogP contribution in [0.25, 0.3) is 11.4 Å². The van der Waals surface area contributed by atoms with Crippen molar-refractivity contribution >= 4 is 23.1 Å². The van der Waals surface area contributed by atoms with Gasteiger partial charge in [-0.1, -0.05) is 19.9 Å². The number of aromatic nitrogens is 2. The highest BCUT2D eigenvalue weighted by atomic mass is 16.3. The van der Waals surface area contributed by atoms with Gasteiger partial charge in [0.2, 0.25) is 0 Å². The van der Waals surface area contributed by atoms with Crippen LogP contribution in [0.5, 0.6) is 0 Å². The zero-order valence-corrected chi connectivity index (χ0v) is 18.6. The van der Waals surface area contributed by atoms with Crippen molar-refractivity contribution in [2.75, 3.05) is 26.2 Å². The molecule has 0 unspecified atom stereocenters. The average Bonchev–Trinajstić information content (AvgIpc) is 3.49. The highest BCUT2D eigenvalue weighted by molar-refractivity contribution is 6.46. The molecule has 0 saturated carbocycles. The summed E-state index contributed by atoms with van der Waals surface area (Å²) in [5.74, 6) is -1.14. The van der Waals surface area contributed by atoms with E-state index in [0.29, 0.717) is 35.8 Å². The molecule has 0 spiro atoms. The number of imidazole rings is 1. The van der Waals surface area contributed by atoms with E-state index in [1.807, 2.05) is 18.2 Å². The number of nitrogens with zero attached hydrogens (tertiary/aromatic N) is 4. The van der Waals surface area contributed by atoms with Crippen molar-refractivity contribution in [2.45, 2.75) is 33.2 Å². The third-order valence-electron chi connectivity index (χ3n) is 6.05. The predicted molar refractivity (Wildman–Crippen MR) is 120 cm³/mol. The second-order valence-electron chi connectivity index (χ2n) is 7.86. The number of carbonyl (C=O) groups is 2. The van der Waals surface area contributed by atoms with Gasteiger partial charge in [0, 0.05) is 12.7 Å². The summed E-state index contributed by atoms with van der Waals surface area (Å²) < 4.78 is 7.33. The van der Waals surface area contributed by atoms with Gasteiger partial charge in [-0.15, -0.1) is 0 Å². The van der Waals surface area contributed by atoms with Crippen LogP contribution < -0.4 is 0 Å². The van der Waals surface area contributed by atoms with Crippen LogP contribution in [-0.2, 0) is 9.59 Å². The highest BCUT2D eigenvalue weighted by Crippen LogP contribution is 2.40. The number of amides is 1. The summed E-state index contributed by atoms with van der Waals surface area (Å²) in [7, 11) is 0. The van der Waals surface area contributed by atoms with E-state index in [1.54, 1.807) is 29.7 Å². The average molecular weight is 437 g/mol. The number of aliphatic hydroxyl groups excluding tert-OH is 1. The molecule has 1 amide bonds. The van der Waals surface area contributed by atoms with Gasteiger partial charge < -0.3 is 19.3 Å². The monoisotopic (exact) mass is 436 g/mol. The molecule has 0 bridgehead atoms. The molecule has 1 aliphatic rings. The first kappa shape index (κ1) is 21.8. The number of Topliss-reactive ketones (excluding diaryl/α,β-unsaturated/α-hetero) is 1. The van der Waals surface area contributed by atoms with Crippen molar-refractivity contribution < 1.29 is 19.1 Å². The maximum atomic E-state index is 13.1. The van der Waals surface area contributed by atoms with Crippen LogP contribution in [0.1, 0.15) is 43.5 Å². The number of furan rings is 1. The van der Waals surface area contributed by atoms with E-state index in [2.05, 4.69) is 23.7 Å². The number of carbonyl (C=O) groups excluding carboxylic acids is 2. The minimum Gasteiger partial charge on any atom is -0.505 e. The van der Waals surface area contributed by atoms with Gasteiger partial charge in [0.05, 0.1) is 17.5 Å². The van der Waals surface area contributed by atoms with Crippen LogP contribution in [0.3, 0.4) is 0 Å². The highest BCUT2D eigenvalue weighted by Gasteiger charge is 2.47. The van der Waals surface area contributed by atoms with E-state index < -0.39 is 17.7 Å². The molecule has 3 aromatic heterocycles. The Morgan fingerprint density at radius 2 is 1.97 bits per heavy atom. The Labute approximate surface area is 186 Å². The lowest BCUT2D eigenvalue weighted by atomic mass is 10.0. The van der Waals surface area contributed by atoms with E-state index in [0.717, 1.165) is 19.6 Å². The zero-order valence-electron chi connectivity index (χ0n) is 18.6. The molecule has 8 heteroatoms. The van der Waals surface area contributed by atoms with Crippen LogP contribution >= 0.6 is 0 Å². The lowest BCUT2D eigenvalue weighted by molar-refractivity contribution is -0.140. The largest absolute Gasteiger partial charge is 0.505 e. The zero-order chi connectivity index (χ0) is 22.8. The second kappa shape index (κ2) is 9.00. The summed E-state index contributed by atoms with van der Waals surface area (Å²) in [6.45, 7) is 9.00. The molecule has 4 rings (SSSR count). The number of aryl methyl sites for hydroxylation is 1. The predicted octanol–water partition coefficient (Wildman–Crippen LogP) is 3.39. The van der Waals surface area contributed by atoms with Gasteiger partial charge in [-0.3, -0.25) is 14.0 Å². The molecule has 168 valence electrons. The molecular weight excluding hydrogens is 408 g/mol. The number of ketones is 1. The fraction of sp³-hybridized carbons (Fsp3) is 0.375. The molecule has 1 saturated heterocycles. The molecule has 3 aromatic rings. The Morgan fingerprint density at radius 3 is 2.66 bits per heavy atom. The summed E-state index contributed by atoms with van der Waals surface area (Å²) in [5.41, 5.74) is 1.65. The van der Waals surface area contributed by atoms with Crippen molar-refractivity contribution in [2.24, 2.45) is 0 Å². The number of fused-ring (bicyclic) bond motifs is 1. The van der Waals surface area contributed by atoms with Gasteiger partial charge in [-0.25, -0.2) is 4.98 Å². The number of likely N-dealkylation sites (tertiary alicyclic amines) is 1. The number of hydrogen-bond donors (Lipinski definition) is 1. The first-order chi connectivity index (χ1) is 15.5. The van der Waals surface area contributed by atoms with Gasteiger partial charge in [-0.2, -0.15) is 0 Å². The van der Waals surface area contributed by atoms with Crippen LogP contribution in [0.15, 0.2) is 52.8 Å². The normalized spacial score (nSPS) is 18.4. The quantitative estimate of drug-likeness (QED) is 0.331. The van der Waals surface area contributed by atoms with Crippen LogP contribution in [0, 0.1) is 6.92 Å². The van der Waals surface area contributed by atoms with Crippen molar-refractivity contribution in [3.8, 4) is 0 Å². The Balaban J connectivity index is 1.77. The van der Waals surface area contributed by atoms with E-state index in [-0.39, 0.29) is 11.3 Å². The van der Waals surface area contributed by atoms with E-state index in [9.17, 15) is 14.7 Å². The second-order valence-corrected chi connectivity index (χ2v) is 7.86. The maximum Gasteiger partial charge on any atom is 0.295 e. The van der Waals surface area contributed by atoms with Crippen molar-refractivity contribution in [3.63, 3.8) is 0 Å².